The monoisotopic (exact) mass is 374 g/mol. The molecule has 0 bridgehead atoms. The van der Waals surface area contributed by atoms with Gasteiger partial charge in [0, 0.05) is 11.1 Å². The molecular weight excluding hydrogens is 340 g/mol. The molecule has 0 aromatic heterocycles. The van der Waals surface area contributed by atoms with Gasteiger partial charge in [-0.05, 0) is 74.1 Å². The first-order valence-electron chi connectivity index (χ1n) is 10.8. The van der Waals surface area contributed by atoms with Crippen LogP contribution in [0.4, 0.5) is 0 Å². The van der Waals surface area contributed by atoms with Crippen LogP contribution >= 0.6 is 0 Å². The predicted octanol–water partition coefficient (Wildman–Crippen LogP) is 7.33. The highest BCUT2D eigenvalue weighted by Gasteiger charge is 1.96. The predicted molar refractivity (Wildman–Crippen MR) is 121 cm³/mol. The van der Waals surface area contributed by atoms with Gasteiger partial charge in [-0.25, -0.2) is 0 Å². The van der Waals surface area contributed by atoms with Crippen molar-refractivity contribution in [1.29, 1.82) is 0 Å². The van der Waals surface area contributed by atoms with Crippen molar-refractivity contribution >= 4 is 0 Å². The van der Waals surface area contributed by atoms with E-state index in [9.17, 15) is 0 Å². The normalized spacial score (nSPS) is 10.2. The molecule has 0 aliphatic carbocycles. The Kier molecular flexibility index (Phi) is 10.7. The largest absolute Gasteiger partial charge is 0.494 e. The van der Waals surface area contributed by atoms with Crippen LogP contribution in [0.3, 0.4) is 0 Å². The first-order valence-corrected chi connectivity index (χ1v) is 10.8. The summed E-state index contributed by atoms with van der Waals surface area (Å²) >= 11 is 0. The van der Waals surface area contributed by atoms with Crippen molar-refractivity contribution in [3.05, 3.63) is 77.9 Å². The molecule has 2 aromatic carbocycles. The van der Waals surface area contributed by atoms with Gasteiger partial charge in [0.05, 0.1) is 6.61 Å². The Hall–Kier alpha value is -2.46. The van der Waals surface area contributed by atoms with E-state index in [0.717, 1.165) is 42.7 Å². The van der Waals surface area contributed by atoms with Crippen LogP contribution in [0.1, 0.15) is 75.0 Å². The smallest absolute Gasteiger partial charge is 0.119 e. The molecule has 1 nitrogen and oxygen atoms in total. The van der Waals surface area contributed by atoms with Crippen molar-refractivity contribution in [3.63, 3.8) is 0 Å². The quantitative estimate of drug-likeness (QED) is 0.215. The highest BCUT2D eigenvalue weighted by molar-refractivity contribution is 5.44. The van der Waals surface area contributed by atoms with Crippen LogP contribution in [0.5, 0.6) is 5.75 Å². The van der Waals surface area contributed by atoms with E-state index in [1.807, 2.05) is 30.3 Å². The molecule has 28 heavy (non-hydrogen) atoms. The number of unbranched alkanes of at least 4 members (excludes halogenated alkanes) is 6. The van der Waals surface area contributed by atoms with Gasteiger partial charge in [-0.2, -0.15) is 0 Å². The molecule has 0 saturated carbocycles. The van der Waals surface area contributed by atoms with Crippen LogP contribution in [-0.2, 0) is 6.42 Å². The molecule has 0 amide bonds. The summed E-state index contributed by atoms with van der Waals surface area (Å²) in [5.74, 6) is 7.43. The summed E-state index contributed by atoms with van der Waals surface area (Å²) in [5.41, 5.74) is 3.46. The Morgan fingerprint density at radius 1 is 0.786 bits per heavy atom. The topological polar surface area (TPSA) is 9.23 Å². The molecule has 0 aliphatic rings. The standard InChI is InChI=1S/C27H34O/c1-3-5-7-9-11-23-28-27-21-19-26(20-22-27)18-17-25-15-13-24(14-16-25)12-10-8-6-4-2/h4,13-16,19-22H,2-3,5-12,23H2,1H3. The summed E-state index contributed by atoms with van der Waals surface area (Å²) in [6.45, 7) is 6.81. The van der Waals surface area contributed by atoms with Gasteiger partial charge in [0.25, 0.3) is 0 Å². The molecule has 2 aromatic rings. The Morgan fingerprint density at radius 2 is 1.43 bits per heavy atom. The van der Waals surface area contributed by atoms with Gasteiger partial charge in [-0.1, -0.05) is 62.7 Å². The van der Waals surface area contributed by atoms with E-state index in [4.69, 9.17) is 4.74 Å². The third kappa shape index (κ3) is 8.96. The maximum atomic E-state index is 5.81. The zero-order valence-electron chi connectivity index (χ0n) is 17.4. The zero-order valence-corrected chi connectivity index (χ0v) is 17.4. The van der Waals surface area contributed by atoms with E-state index < -0.39 is 0 Å². The molecule has 0 heterocycles. The van der Waals surface area contributed by atoms with Gasteiger partial charge in [0.1, 0.15) is 5.75 Å². The lowest BCUT2D eigenvalue weighted by Gasteiger charge is -2.05. The Morgan fingerprint density at radius 3 is 2.07 bits per heavy atom. The van der Waals surface area contributed by atoms with Crippen molar-refractivity contribution in [1.82, 2.24) is 0 Å². The molecule has 1 heteroatoms. The van der Waals surface area contributed by atoms with Crippen LogP contribution in [0, 0.1) is 11.8 Å². The van der Waals surface area contributed by atoms with Crippen molar-refractivity contribution < 1.29 is 4.74 Å². The summed E-state index contributed by atoms with van der Waals surface area (Å²) in [6, 6.07) is 16.7. The SMILES string of the molecule is C=CCCCCc1ccc(C#Cc2ccc(OCCCCCCC)cc2)cc1. The molecule has 0 fully saturated rings. The third-order valence-electron chi connectivity index (χ3n) is 4.80. The number of rotatable bonds is 12. The molecule has 0 atom stereocenters. The molecular formula is C27H34O. The lowest BCUT2D eigenvalue weighted by atomic mass is 10.1. The van der Waals surface area contributed by atoms with Crippen molar-refractivity contribution in [2.45, 2.75) is 64.7 Å². The lowest BCUT2D eigenvalue weighted by molar-refractivity contribution is 0.304. The Labute approximate surface area is 171 Å². The number of hydrogen-bond donors (Lipinski definition) is 0. The highest BCUT2D eigenvalue weighted by Crippen LogP contribution is 2.13. The van der Waals surface area contributed by atoms with Crippen LogP contribution in [-0.4, -0.2) is 6.61 Å². The van der Waals surface area contributed by atoms with E-state index in [1.165, 1.54) is 44.1 Å². The van der Waals surface area contributed by atoms with Gasteiger partial charge in [0.2, 0.25) is 0 Å². The summed E-state index contributed by atoms with van der Waals surface area (Å²) in [4.78, 5) is 0. The Balaban J connectivity index is 1.76. The molecule has 0 radical (unpaired) electrons. The molecule has 2 rings (SSSR count). The van der Waals surface area contributed by atoms with Gasteiger partial charge in [-0.3, -0.25) is 0 Å². The first-order chi connectivity index (χ1) is 13.8. The average molecular weight is 375 g/mol. The van der Waals surface area contributed by atoms with E-state index in [0.29, 0.717) is 0 Å². The summed E-state index contributed by atoms with van der Waals surface area (Å²) in [5, 5.41) is 0. The highest BCUT2D eigenvalue weighted by atomic mass is 16.5. The summed E-state index contributed by atoms with van der Waals surface area (Å²) in [6.07, 6.45) is 12.9. The number of ether oxygens (including phenoxy) is 1. The minimum atomic E-state index is 0.800. The fourth-order valence-corrected chi connectivity index (χ4v) is 3.05. The van der Waals surface area contributed by atoms with Gasteiger partial charge < -0.3 is 4.74 Å². The maximum absolute atomic E-state index is 5.81. The maximum Gasteiger partial charge on any atom is 0.119 e. The second-order valence-electron chi connectivity index (χ2n) is 7.27. The molecule has 148 valence electrons. The second-order valence-corrected chi connectivity index (χ2v) is 7.27. The van der Waals surface area contributed by atoms with E-state index >= 15 is 0 Å². The second kappa shape index (κ2) is 13.7. The first kappa shape index (κ1) is 21.8. The molecule has 0 unspecified atom stereocenters. The molecule has 0 saturated heterocycles. The number of allylic oxidation sites excluding steroid dienone is 1. The van der Waals surface area contributed by atoms with Crippen molar-refractivity contribution in [2.75, 3.05) is 6.61 Å². The van der Waals surface area contributed by atoms with Crippen LogP contribution in [0.2, 0.25) is 0 Å². The molecule has 0 spiro atoms. The van der Waals surface area contributed by atoms with Gasteiger partial charge >= 0.3 is 0 Å². The van der Waals surface area contributed by atoms with Crippen LogP contribution in [0.15, 0.2) is 61.2 Å². The van der Waals surface area contributed by atoms with E-state index in [-0.39, 0.29) is 0 Å². The summed E-state index contributed by atoms with van der Waals surface area (Å²) < 4.78 is 5.81. The van der Waals surface area contributed by atoms with Crippen molar-refractivity contribution in [3.8, 4) is 17.6 Å². The van der Waals surface area contributed by atoms with E-state index in [2.05, 4.69) is 49.6 Å². The number of aryl methyl sites for hydroxylation is 1. The average Bonchev–Trinajstić information content (AvgIpc) is 2.74. The minimum Gasteiger partial charge on any atom is -0.494 e. The van der Waals surface area contributed by atoms with E-state index in [1.54, 1.807) is 0 Å². The number of benzene rings is 2. The molecule has 0 N–H and O–H groups in total. The lowest BCUT2D eigenvalue weighted by Crippen LogP contribution is -1.97. The van der Waals surface area contributed by atoms with Gasteiger partial charge in [-0.15, -0.1) is 6.58 Å². The fourth-order valence-electron chi connectivity index (χ4n) is 3.05. The van der Waals surface area contributed by atoms with Gasteiger partial charge in [0.15, 0.2) is 0 Å². The summed E-state index contributed by atoms with van der Waals surface area (Å²) in [7, 11) is 0. The van der Waals surface area contributed by atoms with Crippen LogP contribution < -0.4 is 4.74 Å². The van der Waals surface area contributed by atoms with Crippen molar-refractivity contribution in [2.24, 2.45) is 0 Å². The minimum absolute atomic E-state index is 0.800. The number of hydrogen-bond acceptors (Lipinski definition) is 1. The Bertz CT molecular complexity index is 729. The van der Waals surface area contributed by atoms with Crippen LogP contribution in [0.25, 0.3) is 0 Å². The third-order valence-corrected chi connectivity index (χ3v) is 4.80. The zero-order chi connectivity index (χ0) is 19.9. The molecule has 0 aliphatic heterocycles. The fraction of sp³-hybridized carbons (Fsp3) is 0.407.